The quantitative estimate of drug-likeness (QED) is 0.320. The third kappa shape index (κ3) is 4.93. The second-order valence-electron chi connectivity index (χ2n) is 8.29. The van der Waals surface area contributed by atoms with E-state index in [9.17, 15) is 9.18 Å². The van der Waals surface area contributed by atoms with E-state index >= 15 is 0 Å². The average Bonchev–Trinajstić information content (AvgIpc) is 3.56. The van der Waals surface area contributed by atoms with Crippen molar-refractivity contribution in [3.63, 3.8) is 0 Å². The molecule has 1 unspecified atom stereocenters. The van der Waals surface area contributed by atoms with Crippen molar-refractivity contribution in [2.45, 2.75) is 24.0 Å². The predicted octanol–water partition coefficient (Wildman–Crippen LogP) is 5.54. The smallest absolute Gasteiger partial charge is 0.233 e. The standard InChI is InChI=1S/C27H25FN4O2S/c1-34-23-15-11-19(12-16-23)24-8-5-17-31(24)25(33)18-35-27-30-29-26(20-9-13-21(28)14-10-20)32(27)22-6-3-2-4-7-22/h2-4,6-7,9-16,24H,5,8,17-18H2,1H3. The number of likely N-dealkylation sites (tertiary alicyclic amines) is 1. The Kier molecular flexibility index (Phi) is 6.81. The van der Waals surface area contributed by atoms with Crippen LogP contribution in [0.15, 0.2) is 84.0 Å². The molecular formula is C27H25FN4O2S. The normalized spacial score (nSPS) is 15.4. The number of halogens is 1. The van der Waals surface area contributed by atoms with Crippen molar-refractivity contribution >= 4 is 17.7 Å². The lowest BCUT2D eigenvalue weighted by molar-refractivity contribution is -0.129. The summed E-state index contributed by atoms with van der Waals surface area (Å²) < 4.78 is 20.7. The Morgan fingerprint density at radius 2 is 1.77 bits per heavy atom. The van der Waals surface area contributed by atoms with Crippen LogP contribution < -0.4 is 4.74 Å². The summed E-state index contributed by atoms with van der Waals surface area (Å²) in [6.07, 6.45) is 1.92. The van der Waals surface area contributed by atoms with Gasteiger partial charge in [-0.3, -0.25) is 9.36 Å². The fraction of sp³-hybridized carbons (Fsp3) is 0.222. The van der Waals surface area contributed by atoms with Crippen LogP contribution in [0, 0.1) is 5.82 Å². The molecule has 5 rings (SSSR count). The second kappa shape index (κ2) is 10.3. The van der Waals surface area contributed by atoms with Gasteiger partial charge in [-0.2, -0.15) is 0 Å². The maximum Gasteiger partial charge on any atom is 0.233 e. The van der Waals surface area contributed by atoms with E-state index in [4.69, 9.17) is 4.74 Å². The summed E-state index contributed by atoms with van der Waals surface area (Å²) in [5.41, 5.74) is 2.75. The number of ether oxygens (including phenoxy) is 1. The van der Waals surface area contributed by atoms with E-state index in [-0.39, 0.29) is 23.5 Å². The molecule has 0 radical (unpaired) electrons. The zero-order chi connectivity index (χ0) is 24.2. The highest BCUT2D eigenvalue weighted by Gasteiger charge is 2.30. The number of carbonyl (C=O) groups excluding carboxylic acids is 1. The zero-order valence-electron chi connectivity index (χ0n) is 19.3. The monoisotopic (exact) mass is 488 g/mol. The summed E-state index contributed by atoms with van der Waals surface area (Å²) >= 11 is 1.36. The number of benzene rings is 3. The highest BCUT2D eigenvalue weighted by molar-refractivity contribution is 7.99. The lowest BCUT2D eigenvalue weighted by Crippen LogP contribution is -2.32. The Morgan fingerprint density at radius 3 is 2.49 bits per heavy atom. The Morgan fingerprint density at radius 1 is 1.03 bits per heavy atom. The minimum absolute atomic E-state index is 0.0655. The molecule has 3 aromatic carbocycles. The Balaban J connectivity index is 1.37. The molecule has 8 heteroatoms. The molecule has 1 fully saturated rings. The lowest BCUT2D eigenvalue weighted by atomic mass is 10.0. The molecular weight excluding hydrogens is 463 g/mol. The van der Waals surface area contributed by atoms with Crippen LogP contribution in [0.2, 0.25) is 0 Å². The summed E-state index contributed by atoms with van der Waals surface area (Å²) in [6, 6.07) is 23.9. The molecule has 0 bridgehead atoms. The van der Waals surface area contributed by atoms with E-state index in [1.807, 2.05) is 64.1 Å². The molecule has 4 aromatic rings. The van der Waals surface area contributed by atoms with Gasteiger partial charge < -0.3 is 9.64 Å². The van der Waals surface area contributed by atoms with Gasteiger partial charge >= 0.3 is 0 Å². The van der Waals surface area contributed by atoms with Crippen LogP contribution in [0.5, 0.6) is 5.75 Å². The molecule has 1 saturated heterocycles. The van der Waals surface area contributed by atoms with E-state index < -0.39 is 0 Å². The molecule has 0 aliphatic carbocycles. The van der Waals surface area contributed by atoms with Gasteiger partial charge in [-0.05, 0) is 66.9 Å². The first-order valence-electron chi connectivity index (χ1n) is 11.5. The first kappa shape index (κ1) is 23.1. The van der Waals surface area contributed by atoms with Gasteiger partial charge in [-0.15, -0.1) is 10.2 Å². The van der Waals surface area contributed by atoms with E-state index in [2.05, 4.69) is 10.2 Å². The molecule has 0 saturated carbocycles. The van der Waals surface area contributed by atoms with Crippen LogP contribution in [0.25, 0.3) is 17.1 Å². The summed E-state index contributed by atoms with van der Waals surface area (Å²) in [6.45, 7) is 0.738. The first-order valence-corrected chi connectivity index (χ1v) is 12.5. The number of carbonyl (C=O) groups is 1. The average molecular weight is 489 g/mol. The Bertz CT molecular complexity index is 1290. The molecule has 1 amide bonds. The fourth-order valence-electron chi connectivity index (χ4n) is 4.41. The lowest BCUT2D eigenvalue weighted by Gasteiger charge is -2.25. The molecule has 2 heterocycles. The van der Waals surface area contributed by atoms with Crippen molar-refractivity contribution in [3.8, 4) is 22.8 Å². The summed E-state index contributed by atoms with van der Waals surface area (Å²) in [7, 11) is 1.65. The van der Waals surface area contributed by atoms with Gasteiger partial charge in [0.1, 0.15) is 11.6 Å². The van der Waals surface area contributed by atoms with Gasteiger partial charge in [0, 0.05) is 17.8 Å². The van der Waals surface area contributed by atoms with Gasteiger partial charge in [0.15, 0.2) is 11.0 Å². The van der Waals surface area contributed by atoms with Gasteiger partial charge in [-0.25, -0.2) is 4.39 Å². The maximum absolute atomic E-state index is 13.5. The van der Waals surface area contributed by atoms with Crippen molar-refractivity contribution in [2.75, 3.05) is 19.4 Å². The summed E-state index contributed by atoms with van der Waals surface area (Å²) in [5, 5.41) is 9.38. The van der Waals surface area contributed by atoms with Crippen LogP contribution in [0.3, 0.4) is 0 Å². The number of para-hydroxylation sites is 1. The number of hydrogen-bond acceptors (Lipinski definition) is 5. The number of thioether (sulfide) groups is 1. The number of hydrogen-bond donors (Lipinski definition) is 0. The summed E-state index contributed by atoms with van der Waals surface area (Å²) in [4.78, 5) is 15.2. The highest BCUT2D eigenvalue weighted by atomic mass is 32.2. The zero-order valence-corrected chi connectivity index (χ0v) is 20.1. The molecule has 1 aromatic heterocycles. The Hall–Kier alpha value is -3.65. The number of methoxy groups -OCH3 is 1. The van der Waals surface area contributed by atoms with Crippen molar-refractivity contribution in [3.05, 3.63) is 90.2 Å². The van der Waals surface area contributed by atoms with Crippen molar-refractivity contribution in [1.29, 1.82) is 0 Å². The van der Waals surface area contributed by atoms with Gasteiger partial charge in [0.2, 0.25) is 5.91 Å². The van der Waals surface area contributed by atoms with E-state index in [1.165, 1.54) is 23.9 Å². The predicted molar refractivity (Wildman–Crippen MR) is 134 cm³/mol. The number of aromatic nitrogens is 3. The number of amides is 1. The van der Waals surface area contributed by atoms with Crippen LogP contribution in [0.4, 0.5) is 4.39 Å². The molecule has 1 aliphatic heterocycles. The third-order valence-corrected chi connectivity index (χ3v) is 7.06. The van der Waals surface area contributed by atoms with Gasteiger partial charge in [0.05, 0.1) is 18.9 Å². The summed E-state index contributed by atoms with van der Waals surface area (Å²) in [5.74, 6) is 1.41. The third-order valence-electron chi connectivity index (χ3n) is 6.15. The number of rotatable bonds is 7. The molecule has 0 N–H and O–H groups in total. The van der Waals surface area contributed by atoms with Crippen molar-refractivity contribution in [1.82, 2.24) is 19.7 Å². The van der Waals surface area contributed by atoms with Crippen molar-refractivity contribution < 1.29 is 13.9 Å². The molecule has 6 nitrogen and oxygen atoms in total. The van der Waals surface area contributed by atoms with Crippen molar-refractivity contribution in [2.24, 2.45) is 0 Å². The molecule has 178 valence electrons. The van der Waals surface area contributed by atoms with E-state index in [0.29, 0.717) is 11.0 Å². The molecule has 1 aliphatic rings. The Labute approximate surface area is 207 Å². The number of nitrogens with zero attached hydrogens (tertiary/aromatic N) is 4. The first-order chi connectivity index (χ1) is 17.1. The van der Waals surface area contributed by atoms with Gasteiger partial charge in [-0.1, -0.05) is 42.1 Å². The minimum atomic E-state index is -0.309. The van der Waals surface area contributed by atoms with Crippen LogP contribution in [0.1, 0.15) is 24.4 Å². The molecule has 1 atom stereocenters. The second-order valence-corrected chi connectivity index (χ2v) is 9.23. The fourth-order valence-corrected chi connectivity index (χ4v) is 5.24. The minimum Gasteiger partial charge on any atom is -0.497 e. The maximum atomic E-state index is 13.5. The largest absolute Gasteiger partial charge is 0.497 e. The van der Waals surface area contributed by atoms with Crippen LogP contribution >= 0.6 is 11.8 Å². The van der Waals surface area contributed by atoms with Crippen LogP contribution in [-0.2, 0) is 4.79 Å². The molecule has 0 spiro atoms. The highest BCUT2D eigenvalue weighted by Crippen LogP contribution is 2.34. The molecule has 35 heavy (non-hydrogen) atoms. The van der Waals surface area contributed by atoms with E-state index in [1.54, 1.807) is 19.2 Å². The topological polar surface area (TPSA) is 60.2 Å². The SMILES string of the molecule is COc1ccc(C2CCCN2C(=O)CSc2nnc(-c3ccc(F)cc3)n2-c2ccccc2)cc1. The van der Waals surface area contributed by atoms with E-state index in [0.717, 1.165) is 42.0 Å². The van der Waals surface area contributed by atoms with Gasteiger partial charge in [0.25, 0.3) is 0 Å². The van der Waals surface area contributed by atoms with Crippen LogP contribution in [-0.4, -0.2) is 45.0 Å².